The highest BCUT2D eigenvalue weighted by atomic mass is 32.2. The summed E-state index contributed by atoms with van der Waals surface area (Å²) in [7, 11) is 0. The van der Waals surface area contributed by atoms with Gasteiger partial charge in [-0.2, -0.15) is 0 Å². The Hall–Kier alpha value is 0.310. The molecule has 0 heterocycles. The van der Waals surface area contributed by atoms with Crippen LogP contribution < -0.4 is 0 Å². The predicted octanol–water partition coefficient (Wildman–Crippen LogP) is 0.917. The minimum Gasteiger partial charge on any atom is -0.616 e. The van der Waals surface area contributed by atoms with Crippen molar-refractivity contribution in [2.24, 2.45) is 0 Å². The molecule has 0 radical (unpaired) electrons. The van der Waals surface area contributed by atoms with E-state index in [0.717, 1.165) is 0 Å². The van der Waals surface area contributed by atoms with Crippen molar-refractivity contribution < 1.29 is 4.55 Å². The summed E-state index contributed by atoms with van der Waals surface area (Å²) in [6.07, 6.45) is 5.49. The monoisotopic (exact) mass is 118 g/mol. The van der Waals surface area contributed by atoms with Gasteiger partial charge in [0.25, 0.3) is 0 Å². The molecule has 0 saturated heterocycles. The summed E-state index contributed by atoms with van der Waals surface area (Å²) in [5.41, 5.74) is 0. The van der Waals surface area contributed by atoms with Crippen LogP contribution in [0, 0.1) is 0 Å². The lowest BCUT2D eigenvalue weighted by atomic mass is 10.0. The van der Waals surface area contributed by atoms with E-state index in [1.165, 1.54) is 19.3 Å². The second kappa shape index (κ2) is 2.05. The lowest BCUT2D eigenvalue weighted by Gasteiger charge is -2.25. The highest BCUT2D eigenvalue weighted by Gasteiger charge is 2.25. The zero-order chi connectivity index (χ0) is 5.28. The molecule has 1 aliphatic carbocycles. The molecule has 1 nitrogen and oxygen atoms in total. The number of hydrogen-bond acceptors (Lipinski definition) is 1. The topological polar surface area (TPSA) is 23.1 Å². The van der Waals surface area contributed by atoms with Crippen LogP contribution in [0.5, 0.6) is 0 Å². The van der Waals surface area contributed by atoms with Crippen LogP contribution >= 0.6 is 0 Å². The Balaban J connectivity index is 2.14. The highest BCUT2D eigenvalue weighted by molar-refractivity contribution is 7.91. The molecule has 2 heteroatoms. The molecule has 0 aromatic carbocycles. The summed E-state index contributed by atoms with van der Waals surface area (Å²) in [6.45, 7) is 0. The van der Waals surface area contributed by atoms with E-state index in [9.17, 15) is 4.55 Å². The molecule has 0 aromatic heterocycles. The average Bonchev–Trinajstić information content (AvgIpc) is 1.23. The summed E-state index contributed by atoms with van der Waals surface area (Å²) in [6, 6.07) is 0. The fourth-order valence-electron chi connectivity index (χ4n) is 0.703. The van der Waals surface area contributed by atoms with E-state index < -0.39 is 11.2 Å². The van der Waals surface area contributed by atoms with Crippen LogP contribution in [0.3, 0.4) is 0 Å². The van der Waals surface area contributed by atoms with Gasteiger partial charge in [0.2, 0.25) is 0 Å². The quantitative estimate of drug-likeness (QED) is 0.469. The third-order valence-electron chi connectivity index (χ3n) is 1.52. The van der Waals surface area contributed by atoms with Gasteiger partial charge >= 0.3 is 0 Å². The van der Waals surface area contributed by atoms with E-state index in [1.54, 1.807) is 6.26 Å². The van der Waals surface area contributed by atoms with Crippen molar-refractivity contribution >= 4 is 11.2 Å². The van der Waals surface area contributed by atoms with E-state index in [-0.39, 0.29) is 0 Å². The summed E-state index contributed by atoms with van der Waals surface area (Å²) in [4.78, 5) is 0. The molecule has 7 heavy (non-hydrogen) atoms. The van der Waals surface area contributed by atoms with Crippen LogP contribution in [0.4, 0.5) is 0 Å². The molecule has 42 valence electrons. The second-order valence-electron chi connectivity index (χ2n) is 2.05. The van der Waals surface area contributed by atoms with Gasteiger partial charge in [-0.15, -0.1) is 0 Å². The summed E-state index contributed by atoms with van der Waals surface area (Å²) in [5.74, 6) is 0. The van der Waals surface area contributed by atoms with E-state index in [4.69, 9.17) is 0 Å². The van der Waals surface area contributed by atoms with Crippen molar-refractivity contribution in [3.63, 3.8) is 0 Å². The maximum absolute atomic E-state index is 10.5. The Morgan fingerprint density at radius 1 is 1.57 bits per heavy atom. The Labute approximate surface area is 47.3 Å². The fourth-order valence-corrected chi connectivity index (χ4v) is 1.70. The van der Waals surface area contributed by atoms with Gasteiger partial charge in [0.1, 0.15) is 5.25 Å². The van der Waals surface area contributed by atoms with Gasteiger partial charge in [-0.05, 0) is 19.3 Å². The standard InChI is InChI=1S/C5H10OS/c1-7(6)5-3-2-4-5/h5H,2-4H2,1H3. The third-order valence-corrected chi connectivity index (χ3v) is 2.93. The molecule has 1 fully saturated rings. The van der Waals surface area contributed by atoms with Crippen molar-refractivity contribution in [3.05, 3.63) is 0 Å². The SMILES string of the molecule is C[S+]([O-])C1CCC1. The number of rotatable bonds is 1. The van der Waals surface area contributed by atoms with Crippen LogP contribution in [-0.2, 0) is 11.2 Å². The van der Waals surface area contributed by atoms with E-state index in [0.29, 0.717) is 5.25 Å². The third kappa shape index (κ3) is 1.10. The van der Waals surface area contributed by atoms with Crippen LogP contribution in [-0.4, -0.2) is 16.1 Å². The average molecular weight is 118 g/mol. The Bertz CT molecular complexity index is 59.1. The Morgan fingerprint density at radius 3 is 2.14 bits per heavy atom. The van der Waals surface area contributed by atoms with Crippen molar-refractivity contribution in [1.82, 2.24) is 0 Å². The molecule has 1 saturated carbocycles. The molecule has 0 amide bonds. The molecule has 1 aliphatic rings. The van der Waals surface area contributed by atoms with Crippen LogP contribution in [0.25, 0.3) is 0 Å². The molecule has 0 aromatic rings. The summed E-state index contributed by atoms with van der Waals surface area (Å²) in [5, 5.41) is 0.556. The first kappa shape index (κ1) is 5.45. The fraction of sp³-hybridized carbons (Fsp3) is 1.00. The van der Waals surface area contributed by atoms with Crippen LogP contribution in [0.2, 0.25) is 0 Å². The normalized spacial score (nSPS) is 26.6. The van der Waals surface area contributed by atoms with Gasteiger partial charge in [-0.1, -0.05) is 11.2 Å². The Kier molecular flexibility index (Phi) is 1.60. The minimum absolute atomic E-state index is 0.524. The van der Waals surface area contributed by atoms with Crippen LogP contribution in [0.1, 0.15) is 19.3 Å². The molecule has 0 bridgehead atoms. The lowest BCUT2D eigenvalue weighted by Crippen LogP contribution is -2.26. The maximum Gasteiger partial charge on any atom is 0.115 e. The maximum atomic E-state index is 10.5. The zero-order valence-electron chi connectivity index (χ0n) is 4.52. The minimum atomic E-state index is -0.524. The zero-order valence-corrected chi connectivity index (χ0v) is 5.33. The largest absolute Gasteiger partial charge is 0.616 e. The molecule has 0 spiro atoms. The van der Waals surface area contributed by atoms with Gasteiger partial charge in [-0.3, -0.25) is 0 Å². The van der Waals surface area contributed by atoms with Crippen molar-refractivity contribution in [1.29, 1.82) is 0 Å². The highest BCUT2D eigenvalue weighted by Crippen LogP contribution is 2.24. The van der Waals surface area contributed by atoms with Gasteiger partial charge in [0.05, 0.1) is 6.26 Å². The van der Waals surface area contributed by atoms with Gasteiger partial charge in [0.15, 0.2) is 0 Å². The van der Waals surface area contributed by atoms with E-state index in [2.05, 4.69) is 0 Å². The Morgan fingerprint density at radius 2 is 2.14 bits per heavy atom. The van der Waals surface area contributed by atoms with Crippen molar-refractivity contribution in [2.45, 2.75) is 24.5 Å². The first-order chi connectivity index (χ1) is 3.30. The summed E-state index contributed by atoms with van der Waals surface area (Å²) < 4.78 is 10.5. The van der Waals surface area contributed by atoms with Gasteiger partial charge < -0.3 is 4.55 Å². The van der Waals surface area contributed by atoms with Gasteiger partial charge in [-0.25, -0.2) is 0 Å². The first-order valence-corrected chi connectivity index (χ1v) is 4.25. The molecular formula is C5H10OS. The molecule has 1 unspecified atom stereocenters. The molecule has 1 rings (SSSR count). The lowest BCUT2D eigenvalue weighted by molar-refractivity contribution is 0.480. The van der Waals surface area contributed by atoms with E-state index in [1.807, 2.05) is 0 Å². The first-order valence-electron chi connectivity index (χ1n) is 2.63. The predicted molar refractivity (Wildman–Crippen MR) is 31.7 cm³/mol. The molecule has 0 aliphatic heterocycles. The molecule has 1 atom stereocenters. The van der Waals surface area contributed by atoms with Crippen molar-refractivity contribution in [3.8, 4) is 0 Å². The van der Waals surface area contributed by atoms with Gasteiger partial charge in [0, 0.05) is 0 Å². The van der Waals surface area contributed by atoms with Crippen LogP contribution in [0.15, 0.2) is 0 Å². The second-order valence-corrected chi connectivity index (χ2v) is 3.72. The van der Waals surface area contributed by atoms with E-state index >= 15 is 0 Å². The molecule has 0 N–H and O–H groups in total. The summed E-state index contributed by atoms with van der Waals surface area (Å²) >= 11 is -0.524. The molecular weight excluding hydrogens is 108 g/mol. The van der Waals surface area contributed by atoms with Crippen molar-refractivity contribution in [2.75, 3.05) is 6.26 Å². The smallest absolute Gasteiger partial charge is 0.115 e. The number of hydrogen-bond donors (Lipinski definition) is 0.